The number of nitro groups is 1. The summed E-state index contributed by atoms with van der Waals surface area (Å²) in [5.41, 5.74) is 0.0309. The standard InChI is InChI=1S/C14H18N2O5/c1-9(17)11-5-6-15(8-11)14(18)10-3-4-13(21-2)12(7-10)16(19)20/h3-4,7,9,11,17H,5-6,8H2,1-2H3. The number of hydrogen-bond acceptors (Lipinski definition) is 5. The number of benzene rings is 1. The highest BCUT2D eigenvalue weighted by Gasteiger charge is 2.30. The minimum Gasteiger partial charge on any atom is -0.490 e. The van der Waals surface area contributed by atoms with Crippen molar-refractivity contribution >= 4 is 11.6 Å². The third kappa shape index (κ3) is 3.13. The van der Waals surface area contributed by atoms with Crippen molar-refractivity contribution in [3.8, 4) is 5.75 Å². The molecule has 0 radical (unpaired) electrons. The Balaban J connectivity index is 2.20. The Hall–Kier alpha value is -2.15. The number of aliphatic hydroxyl groups excluding tert-OH is 1. The molecule has 2 unspecified atom stereocenters. The normalized spacial score (nSPS) is 19.4. The van der Waals surface area contributed by atoms with E-state index < -0.39 is 11.0 Å². The fraction of sp³-hybridized carbons (Fsp3) is 0.500. The number of hydrogen-bond donors (Lipinski definition) is 1. The van der Waals surface area contributed by atoms with Crippen LogP contribution in [0.5, 0.6) is 5.75 Å². The van der Waals surface area contributed by atoms with Crippen LogP contribution in [0.4, 0.5) is 5.69 Å². The minimum atomic E-state index is -0.571. The van der Waals surface area contributed by atoms with E-state index in [9.17, 15) is 20.0 Å². The van der Waals surface area contributed by atoms with Gasteiger partial charge in [0.15, 0.2) is 5.75 Å². The summed E-state index contributed by atoms with van der Waals surface area (Å²) >= 11 is 0. The molecule has 1 aromatic rings. The smallest absolute Gasteiger partial charge is 0.311 e. The summed E-state index contributed by atoms with van der Waals surface area (Å²) in [6.45, 7) is 2.72. The van der Waals surface area contributed by atoms with E-state index in [4.69, 9.17) is 4.74 Å². The molecule has 1 fully saturated rings. The van der Waals surface area contributed by atoms with E-state index in [0.717, 1.165) is 6.42 Å². The minimum absolute atomic E-state index is 0.0576. The van der Waals surface area contributed by atoms with Crippen molar-refractivity contribution < 1.29 is 19.6 Å². The number of nitrogens with zero attached hydrogens (tertiary/aromatic N) is 2. The fourth-order valence-electron chi connectivity index (χ4n) is 2.51. The molecule has 1 aromatic carbocycles. The molecule has 1 heterocycles. The molecule has 1 amide bonds. The number of methoxy groups -OCH3 is 1. The molecule has 1 aliphatic heterocycles. The molecular weight excluding hydrogens is 276 g/mol. The molecule has 0 spiro atoms. The monoisotopic (exact) mass is 294 g/mol. The number of carbonyl (C=O) groups excluding carboxylic acids is 1. The maximum atomic E-state index is 12.4. The quantitative estimate of drug-likeness (QED) is 0.670. The number of rotatable bonds is 4. The van der Waals surface area contributed by atoms with Gasteiger partial charge in [0, 0.05) is 30.6 Å². The lowest BCUT2D eigenvalue weighted by molar-refractivity contribution is -0.385. The summed E-state index contributed by atoms with van der Waals surface area (Å²) in [6.07, 6.45) is 0.273. The van der Waals surface area contributed by atoms with Crippen molar-refractivity contribution in [2.24, 2.45) is 5.92 Å². The summed E-state index contributed by atoms with van der Waals surface area (Å²) in [6, 6.07) is 4.17. The summed E-state index contributed by atoms with van der Waals surface area (Å²) in [4.78, 5) is 24.4. The molecule has 1 N–H and O–H groups in total. The van der Waals surface area contributed by atoms with Crippen LogP contribution in [0.15, 0.2) is 18.2 Å². The predicted octanol–water partition coefficient (Wildman–Crippen LogP) is 1.45. The maximum absolute atomic E-state index is 12.4. The largest absolute Gasteiger partial charge is 0.490 e. The van der Waals surface area contributed by atoms with E-state index in [1.807, 2.05) is 0 Å². The molecule has 1 saturated heterocycles. The van der Waals surface area contributed by atoms with Crippen LogP contribution in [-0.2, 0) is 0 Å². The van der Waals surface area contributed by atoms with Crippen molar-refractivity contribution in [3.05, 3.63) is 33.9 Å². The average molecular weight is 294 g/mol. The highest BCUT2D eigenvalue weighted by atomic mass is 16.6. The molecule has 2 rings (SSSR count). The van der Waals surface area contributed by atoms with Gasteiger partial charge in [0.2, 0.25) is 0 Å². The Morgan fingerprint density at radius 2 is 2.29 bits per heavy atom. The second-order valence-corrected chi connectivity index (χ2v) is 5.18. The number of ether oxygens (including phenoxy) is 1. The van der Waals surface area contributed by atoms with Crippen molar-refractivity contribution in [1.29, 1.82) is 0 Å². The molecule has 1 aliphatic rings. The Bertz CT molecular complexity index is 558. The summed E-state index contributed by atoms with van der Waals surface area (Å²) in [7, 11) is 1.34. The Morgan fingerprint density at radius 3 is 2.81 bits per heavy atom. The zero-order valence-electron chi connectivity index (χ0n) is 12.0. The van der Waals surface area contributed by atoms with Crippen molar-refractivity contribution in [2.75, 3.05) is 20.2 Å². The predicted molar refractivity (Wildman–Crippen MR) is 75.3 cm³/mol. The summed E-state index contributed by atoms with van der Waals surface area (Å²) < 4.78 is 4.92. The molecule has 0 aliphatic carbocycles. The van der Waals surface area contributed by atoms with Gasteiger partial charge in [-0.05, 0) is 25.5 Å². The first kappa shape index (κ1) is 15.2. The molecular formula is C14H18N2O5. The van der Waals surface area contributed by atoms with Gasteiger partial charge in [-0.15, -0.1) is 0 Å². The van der Waals surface area contributed by atoms with Gasteiger partial charge in [0.05, 0.1) is 18.1 Å². The van der Waals surface area contributed by atoms with Crippen LogP contribution >= 0.6 is 0 Å². The van der Waals surface area contributed by atoms with E-state index in [1.54, 1.807) is 11.8 Å². The number of aliphatic hydroxyl groups is 1. The summed E-state index contributed by atoms with van der Waals surface area (Å²) in [5, 5.41) is 20.5. The third-order valence-electron chi connectivity index (χ3n) is 3.82. The van der Waals surface area contributed by atoms with Crippen LogP contribution in [0, 0.1) is 16.0 Å². The first-order chi connectivity index (χ1) is 9.93. The number of amides is 1. The van der Waals surface area contributed by atoms with Crippen LogP contribution < -0.4 is 4.74 Å². The molecule has 0 aromatic heterocycles. The van der Waals surface area contributed by atoms with Crippen LogP contribution in [0.25, 0.3) is 0 Å². The second-order valence-electron chi connectivity index (χ2n) is 5.18. The van der Waals surface area contributed by atoms with Gasteiger partial charge < -0.3 is 14.7 Å². The van der Waals surface area contributed by atoms with Gasteiger partial charge in [-0.1, -0.05) is 0 Å². The molecule has 21 heavy (non-hydrogen) atoms. The van der Waals surface area contributed by atoms with Crippen molar-refractivity contribution in [1.82, 2.24) is 4.90 Å². The van der Waals surface area contributed by atoms with E-state index in [0.29, 0.717) is 13.1 Å². The van der Waals surface area contributed by atoms with Crippen LogP contribution in [-0.4, -0.2) is 47.1 Å². The van der Waals surface area contributed by atoms with Crippen molar-refractivity contribution in [2.45, 2.75) is 19.4 Å². The molecule has 2 atom stereocenters. The summed E-state index contributed by atoms with van der Waals surface area (Å²) in [5.74, 6) is -0.0779. The van der Waals surface area contributed by atoms with Crippen LogP contribution in [0.1, 0.15) is 23.7 Å². The zero-order valence-corrected chi connectivity index (χ0v) is 12.0. The lowest BCUT2D eigenvalue weighted by atomic mass is 10.0. The highest BCUT2D eigenvalue weighted by molar-refractivity contribution is 5.95. The molecule has 0 bridgehead atoms. The van der Waals surface area contributed by atoms with Gasteiger partial charge >= 0.3 is 5.69 Å². The topological polar surface area (TPSA) is 92.9 Å². The van der Waals surface area contributed by atoms with E-state index in [1.165, 1.54) is 25.3 Å². The van der Waals surface area contributed by atoms with E-state index in [-0.39, 0.29) is 28.8 Å². The van der Waals surface area contributed by atoms with Crippen molar-refractivity contribution in [3.63, 3.8) is 0 Å². The molecule has 7 heteroatoms. The molecule has 114 valence electrons. The maximum Gasteiger partial charge on any atom is 0.311 e. The third-order valence-corrected chi connectivity index (χ3v) is 3.82. The lowest BCUT2D eigenvalue weighted by Gasteiger charge is -2.18. The Morgan fingerprint density at radius 1 is 1.57 bits per heavy atom. The van der Waals surface area contributed by atoms with Gasteiger partial charge in [-0.3, -0.25) is 14.9 Å². The van der Waals surface area contributed by atoms with E-state index >= 15 is 0 Å². The highest BCUT2D eigenvalue weighted by Crippen LogP contribution is 2.29. The van der Waals surface area contributed by atoms with Crippen LogP contribution in [0.2, 0.25) is 0 Å². The van der Waals surface area contributed by atoms with E-state index in [2.05, 4.69) is 0 Å². The number of carbonyl (C=O) groups is 1. The Labute approximate surface area is 122 Å². The van der Waals surface area contributed by atoms with Gasteiger partial charge in [0.1, 0.15) is 0 Å². The number of nitro benzene ring substituents is 1. The van der Waals surface area contributed by atoms with Crippen LogP contribution in [0.3, 0.4) is 0 Å². The SMILES string of the molecule is COc1ccc(C(=O)N2CCC(C(C)O)C2)cc1[N+](=O)[O-]. The van der Waals surface area contributed by atoms with Gasteiger partial charge in [-0.2, -0.15) is 0 Å². The average Bonchev–Trinajstić information content (AvgIpc) is 2.95. The fourth-order valence-corrected chi connectivity index (χ4v) is 2.51. The second kappa shape index (κ2) is 6.09. The number of likely N-dealkylation sites (tertiary alicyclic amines) is 1. The first-order valence-corrected chi connectivity index (χ1v) is 6.73. The molecule has 0 saturated carbocycles. The first-order valence-electron chi connectivity index (χ1n) is 6.73. The lowest BCUT2D eigenvalue weighted by Crippen LogP contribution is -2.30. The van der Waals surface area contributed by atoms with Gasteiger partial charge in [0.25, 0.3) is 5.91 Å². The van der Waals surface area contributed by atoms with Gasteiger partial charge in [-0.25, -0.2) is 0 Å². The Kier molecular flexibility index (Phi) is 4.42. The zero-order chi connectivity index (χ0) is 15.6. The molecule has 7 nitrogen and oxygen atoms in total.